The van der Waals surface area contributed by atoms with Crippen LogP contribution in [0, 0.1) is 0 Å². The third-order valence-electron chi connectivity index (χ3n) is 3.00. The van der Waals surface area contributed by atoms with Gasteiger partial charge in [-0.15, -0.1) is 0 Å². The van der Waals surface area contributed by atoms with Crippen molar-refractivity contribution in [1.29, 1.82) is 0 Å². The molecular formula is C15H16ClNO3. The summed E-state index contributed by atoms with van der Waals surface area (Å²) in [5, 5.41) is 1.61. The number of ketones is 1. The predicted octanol–water partition coefficient (Wildman–Crippen LogP) is 3.21. The largest absolute Gasteiger partial charge is 0.466 e. The van der Waals surface area contributed by atoms with Crippen LogP contribution in [0.3, 0.4) is 0 Å². The number of rotatable bonds is 6. The van der Waals surface area contributed by atoms with Crippen molar-refractivity contribution in [2.24, 2.45) is 0 Å². The van der Waals surface area contributed by atoms with Crippen LogP contribution in [0.25, 0.3) is 10.9 Å². The van der Waals surface area contributed by atoms with Gasteiger partial charge in [0.2, 0.25) is 0 Å². The van der Waals surface area contributed by atoms with Crippen LogP contribution in [-0.2, 0) is 20.9 Å². The lowest BCUT2D eigenvalue weighted by molar-refractivity contribution is -0.144. The highest BCUT2D eigenvalue weighted by atomic mass is 35.5. The number of aromatic nitrogens is 1. The summed E-state index contributed by atoms with van der Waals surface area (Å²) in [6.45, 7) is 2.30. The van der Waals surface area contributed by atoms with Crippen molar-refractivity contribution in [3.05, 3.63) is 35.5 Å². The Hall–Kier alpha value is -1.81. The summed E-state index contributed by atoms with van der Waals surface area (Å²) in [6, 6.07) is 7.53. The summed E-state index contributed by atoms with van der Waals surface area (Å²) in [6.07, 6.45) is 2.14. The lowest BCUT2D eigenvalue weighted by atomic mass is 10.2. The maximum atomic E-state index is 11.9. The minimum absolute atomic E-state index is 0.0181. The van der Waals surface area contributed by atoms with Crippen LogP contribution in [0.15, 0.2) is 30.5 Å². The summed E-state index contributed by atoms with van der Waals surface area (Å²) >= 11 is 6.15. The molecule has 20 heavy (non-hydrogen) atoms. The number of hydrogen-bond acceptors (Lipinski definition) is 3. The van der Waals surface area contributed by atoms with Gasteiger partial charge in [0.25, 0.3) is 0 Å². The van der Waals surface area contributed by atoms with Gasteiger partial charge in [0, 0.05) is 18.0 Å². The first-order chi connectivity index (χ1) is 9.61. The SMILES string of the molecule is CCOC(=O)CCC(=O)Cn1ccc2cccc(Cl)c21. The number of fused-ring (bicyclic) bond motifs is 1. The summed E-state index contributed by atoms with van der Waals surface area (Å²) in [5.74, 6) is -0.355. The average Bonchev–Trinajstić information content (AvgIpc) is 2.81. The Morgan fingerprint density at radius 2 is 2.05 bits per heavy atom. The molecule has 2 rings (SSSR count). The van der Waals surface area contributed by atoms with E-state index >= 15 is 0 Å². The first-order valence-electron chi connectivity index (χ1n) is 6.52. The van der Waals surface area contributed by atoms with E-state index in [9.17, 15) is 9.59 Å². The summed E-state index contributed by atoms with van der Waals surface area (Å²) in [7, 11) is 0. The normalized spacial score (nSPS) is 10.7. The molecular weight excluding hydrogens is 278 g/mol. The monoisotopic (exact) mass is 293 g/mol. The Bertz CT molecular complexity index is 633. The van der Waals surface area contributed by atoms with Crippen LogP contribution in [0.5, 0.6) is 0 Å². The number of benzene rings is 1. The number of nitrogens with zero attached hydrogens (tertiary/aromatic N) is 1. The molecule has 0 radical (unpaired) electrons. The second-order valence-corrected chi connectivity index (χ2v) is 4.87. The number of esters is 1. The Kier molecular flexibility index (Phi) is 4.79. The van der Waals surface area contributed by atoms with Gasteiger partial charge in [0.1, 0.15) is 0 Å². The molecule has 0 atom stereocenters. The highest BCUT2D eigenvalue weighted by Gasteiger charge is 2.11. The minimum Gasteiger partial charge on any atom is -0.466 e. The Labute approximate surface area is 122 Å². The quantitative estimate of drug-likeness (QED) is 0.768. The van der Waals surface area contributed by atoms with Crippen LogP contribution < -0.4 is 0 Å². The van der Waals surface area contributed by atoms with Gasteiger partial charge in [-0.05, 0) is 19.1 Å². The molecule has 0 aliphatic heterocycles. The van der Waals surface area contributed by atoms with Crippen molar-refractivity contribution in [2.45, 2.75) is 26.3 Å². The molecule has 0 unspecified atom stereocenters. The van der Waals surface area contributed by atoms with E-state index in [1.807, 2.05) is 29.0 Å². The van der Waals surface area contributed by atoms with Crippen molar-refractivity contribution in [3.63, 3.8) is 0 Å². The van der Waals surface area contributed by atoms with Crippen molar-refractivity contribution >= 4 is 34.3 Å². The highest BCUT2D eigenvalue weighted by molar-refractivity contribution is 6.35. The molecule has 0 saturated carbocycles. The number of carbonyl (C=O) groups excluding carboxylic acids is 2. The fourth-order valence-corrected chi connectivity index (χ4v) is 2.38. The average molecular weight is 294 g/mol. The Morgan fingerprint density at radius 1 is 1.25 bits per heavy atom. The fraction of sp³-hybridized carbons (Fsp3) is 0.333. The zero-order chi connectivity index (χ0) is 14.5. The Balaban J connectivity index is 2.02. The molecule has 1 heterocycles. The van der Waals surface area contributed by atoms with E-state index < -0.39 is 0 Å². The summed E-state index contributed by atoms with van der Waals surface area (Å²) in [4.78, 5) is 23.1. The van der Waals surface area contributed by atoms with Crippen molar-refractivity contribution in [2.75, 3.05) is 6.61 Å². The molecule has 0 fully saturated rings. The first kappa shape index (κ1) is 14.6. The standard InChI is InChI=1S/C15H16ClNO3/c1-2-20-14(19)7-6-12(18)10-17-9-8-11-4-3-5-13(16)15(11)17/h3-5,8-9H,2,6-7,10H2,1H3. The topological polar surface area (TPSA) is 48.3 Å². The molecule has 0 amide bonds. The number of para-hydroxylation sites is 1. The molecule has 0 saturated heterocycles. The van der Waals surface area contributed by atoms with Gasteiger partial charge in [-0.1, -0.05) is 23.7 Å². The third kappa shape index (κ3) is 3.39. The van der Waals surface area contributed by atoms with E-state index in [4.69, 9.17) is 16.3 Å². The number of carbonyl (C=O) groups is 2. The number of halogens is 1. The van der Waals surface area contributed by atoms with Crippen molar-refractivity contribution in [1.82, 2.24) is 4.57 Å². The molecule has 1 aromatic heterocycles. The molecule has 5 heteroatoms. The molecule has 0 bridgehead atoms. The lowest BCUT2D eigenvalue weighted by Crippen LogP contribution is -2.12. The van der Waals surface area contributed by atoms with E-state index in [1.165, 1.54) is 0 Å². The molecule has 0 aliphatic rings. The van der Waals surface area contributed by atoms with Gasteiger partial charge >= 0.3 is 5.97 Å². The maximum Gasteiger partial charge on any atom is 0.306 e. The van der Waals surface area contributed by atoms with E-state index in [1.54, 1.807) is 13.0 Å². The molecule has 1 aromatic carbocycles. The smallest absolute Gasteiger partial charge is 0.306 e. The summed E-state index contributed by atoms with van der Waals surface area (Å²) in [5.41, 5.74) is 0.846. The number of Topliss-reactive ketones (excluding diaryl/α,β-unsaturated/α-hetero) is 1. The van der Waals surface area contributed by atoms with Crippen LogP contribution in [0.1, 0.15) is 19.8 Å². The lowest BCUT2D eigenvalue weighted by Gasteiger charge is -2.06. The molecule has 2 aromatic rings. The van der Waals surface area contributed by atoms with Gasteiger partial charge in [0.05, 0.1) is 30.1 Å². The van der Waals surface area contributed by atoms with Gasteiger partial charge in [-0.3, -0.25) is 9.59 Å². The minimum atomic E-state index is -0.337. The highest BCUT2D eigenvalue weighted by Crippen LogP contribution is 2.24. The van der Waals surface area contributed by atoms with Gasteiger partial charge in [-0.2, -0.15) is 0 Å². The fourth-order valence-electron chi connectivity index (χ4n) is 2.09. The van der Waals surface area contributed by atoms with E-state index in [-0.39, 0.29) is 31.1 Å². The zero-order valence-electron chi connectivity index (χ0n) is 11.3. The second kappa shape index (κ2) is 6.57. The maximum absolute atomic E-state index is 11.9. The Morgan fingerprint density at radius 3 is 2.80 bits per heavy atom. The molecule has 106 valence electrons. The predicted molar refractivity (Wildman–Crippen MR) is 77.8 cm³/mol. The first-order valence-corrected chi connectivity index (χ1v) is 6.90. The molecule has 0 N–H and O–H groups in total. The second-order valence-electron chi connectivity index (χ2n) is 4.47. The van der Waals surface area contributed by atoms with Crippen LogP contribution in [-0.4, -0.2) is 22.9 Å². The third-order valence-corrected chi connectivity index (χ3v) is 3.30. The van der Waals surface area contributed by atoms with E-state index in [2.05, 4.69) is 0 Å². The van der Waals surface area contributed by atoms with E-state index in [0.29, 0.717) is 11.6 Å². The van der Waals surface area contributed by atoms with E-state index in [0.717, 1.165) is 10.9 Å². The molecule has 0 aliphatic carbocycles. The van der Waals surface area contributed by atoms with Crippen molar-refractivity contribution < 1.29 is 14.3 Å². The van der Waals surface area contributed by atoms with Gasteiger partial charge < -0.3 is 9.30 Å². The number of hydrogen-bond donors (Lipinski definition) is 0. The van der Waals surface area contributed by atoms with Crippen LogP contribution >= 0.6 is 11.6 Å². The van der Waals surface area contributed by atoms with Crippen LogP contribution in [0.4, 0.5) is 0 Å². The van der Waals surface area contributed by atoms with Gasteiger partial charge in [-0.25, -0.2) is 0 Å². The van der Waals surface area contributed by atoms with Crippen LogP contribution in [0.2, 0.25) is 5.02 Å². The summed E-state index contributed by atoms with van der Waals surface area (Å²) < 4.78 is 6.61. The molecule has 4 nitrogen and oxygen atoms in total. The number of ether oxygens (including phenoxy) is 1. The van der Waals surface area contributed by atoms with Gasteiger partial charge in [0.15, 0.2) is 5.78 Å². The zero-order valence-corrected chi connectivity index (χ0v) is 12.0. The molecule has 0 spiro atoms. The van der Waals surface area contributed by atoms with Crippen molar-refractivity contribution in [3.8, 4) is 0 Å².